The summed E-state index contributed by atoms with van der Waals surface area (Å²) in [6.07, 6.45) is 1.42. The first-order valence-corrected chi connectivity index (χ1v) is 7.40. The summed E-state index contributed by atoms with van der Waals surface area (Å²) in [5.74, 6) is -0.424. The molecule has 1 aromatic carbocycles. The van der Waals surface area contributed by atoms with Crippen molar-refractivity contribution in [2.24, 2.45) is 5.73 Å². The predicted molar refractivity (Wildman–Crippen MR) is 83.5 cm³/mol. The number of hydrogen-bond acceptors (Lipinski definition) is 5. The van der Waals surface area contributed by atoms with Gasteiger partial charge in [0.15, 0.2) is 0 Å². The first-order valence-electron chi connectivity index (χ1n) is 7.02. The lowest BCUT2D eigenvalue weighted by atomic mass is 10.1. The average Bonchev–Trinajstić information content (AvgIpc) is 2.52. The van der Waals surface area contributed by atoms with Gasteiger partial charge in [-0.05, 0) is 25.3 Å². The first-order chi connectivity index (χ1) is 10.5. The molecule has 6 nitrogen and oxygen atoms in total. The number of nitrogens with two attached hydrogens (primary N) is 1. The number of carbonyl (C=O) groups is 2. The van der Waals surface area contributed by atoms with Crippen LogP contribution in [0.3, 0.4) is 0 Å². The van der Waals surface area contributed by atoms with Crippen molar-refractivity contribution in [1.82, 2.24) is 5.32 Å². The van der Waals surface area contributed by atoms with Crippen LogP contribution in [0.4, 0.5) is 4.79 Å². The van der Waals surface area contributed by atoms with Gasteiger partial charge < -0.3 is 20.5 Å². The molecule has 0 spiro atoms. The van der Waals surface area contributed by atoms with Crippen molar-refractivity contribution in [3.05, 3.63) is 34.9 Å². The minimum atomic E-state index is -0.614. The summed E-state index contributed by atoms with van der Waals surface area (Å²) in [6, 6.07) is 6.56. The van der Waals surface area contributed by atoms with E-state index in [4.69, 9.17) is 22.1 Å². The molecule has 0 aliphatic rings. The van der Waals surface area contributed by atoms with Crippen LogP contribution in [0.2, 0.25) is 5.02 Å². The summed E-state index contributed by atoms with van der Waals surface area (Å²) in [5, 5.41) is 3.19. The van der Waals surface area contributed by atoms with Gasteiger partial charge in [0.05, 0.1) is 7.11 Å². The normalized spacial score (nSPS) is 11.6. The number of benzene rings is 1. The third-order valence-corrected chi connectivity index (χ3v) is 3.40. The zero-order valence-corrected chi connectivity index (χ0v) is 13.3. The Hall–Kier alpha value is -1.79. The third kappa shape index (κ3) is 6.78. The van der Waals surface area contributed by atoms with Crippen LogP contribution in [0.25, 0.3) is 0 Å². The smallest absolute Gasteiger partial charge is 0.407 e. The van der Waals surface area contributed by atoms with E-state index in [0.29, 0.717) is 30.8 Å². The predicted octanol–water partition coefficient (Wildman–Crippen LogP) is 2.24. The van der Waals surface area contributed by atoms with Crippen molar-refractivity contribution in [2.45, 2.75) is 31.9 Å². The quantitative estimate of drug-likeness (QED) is 0.564. The molecule has 0 saturated carbocycles. The van der Waals surface area contributed by atoms with Gasteiger partial charge in [-0.3, -0.25) is 4.79 Å². The van der Waals surface area contributed by atoms with E-state index in [1.165, 1.54) is 7.11 Å². The minimum Gasteiger partial charge on any atom is -0.468 e. The second kappa shape index (κ2) is 10.0. The molecule has 0 aliphatic carbocycles. The summed E-state index contributed by atoms with van der Waals surface area (Å²) < 4.78 is 9.59. The number of methoxy groups -OCH3 is 1. The Kier molecular flexibility index (Phi) is 8.32. The van der Waals surface area contributed by atoms with Crippen molar-refractivity contribution in [3.8, 4) is 0 Å². The second-order valence-corrected chi connectivity index (χ2v) is 5.13. The van der Waals surface area contributed by atoms with E-state index < -0.39 is 18.1 Å². The molecule has 122 valence electrons. The Balaban J connectivity index is 2.11. The van der Waals surface area contributed by atoms with Gasteiger partial charge in [-0.2, -0.15) is 0 Å². The van der Waals surface area contributed by atoms with Gasteiger partial charge in [0, 0.05) is 17.1 Å². The van der Waals surface area contributed by atoms with Gasteiger partial charge in [-0.15, -0.1) is 0 Å². The Morgan fingerprint density at radius 2 is 2.05 bits per heavy atom. The number of nitrogens with one attached hydrogen (secondary N) is 1. The van der Waals surface area contributed by atoms with Crippen LogP contribution >= 0.6 is 11.6 Å². The highest BCUT2D eigenvalue weighted by molar-refractivity contribution is 6.31. The van der Waals surface area contributed by atoms with Gasteiger partial charge in [0.1, 0.15) is 12.6 Å². The molecule has 0 aliphatic heterocycles. The maximum Gasteiger partial charge on any atom is 0.407 e. The fourth-order valence-corrected chi connectivity index (χ4v) is 1.95. The number of ether oxygens (including phenoxy) is 2. The number of hydrogen-bond donors (Lipinski definition) is 2. The molecule has 7 heteroatoms. The Labute approximate surface area is 134 Å². The Morgan fingerprint density at radius 3 is 2.73 bits per heavy atom. The number of halogens is 1. The van der Waals surface area contributed by atoms with Crippen molar-refractivity contribution in [1.29, 1.82) is 0 Å². The lowest BCUT2D eigenvalue weighted by Gasteiger charge is -2.10. The molecule has 1 aromatic rings. The van der Waals surface area contributed by atoms with Gasteiger partial charge in [0.25, 0.3) is 0 Å². The molecule has 22 heavy (non-hydrogen) atoms. The summed E-state index contributed by atoms with van der Waals surface area (Å²) >= 11 is 5.96. The van der Waals surface area contributed by atoms with E-state index in [2.05, 4.69) is 10.1 Å². The van der Waals surface area contributed by atoms with Gasteiger partial charge in [-0.1, -0.05) is 29.8 Å². The lowest BCUT2D eigenvalue weighted by Crippen LogP contribution is -2.31. The van der Waals surface area contributed by atoms with Gasteiger partial charge >= 0.3 is 12.1 Å². The van der Waals surface area contributed by atoms with E-state index in [0.717, 1.165) is 5.56 Å². The first kappa shape index (κ1) is 18.3. The van der Waals surface area contributed by atoms with Crippen LogP contribution in [-0.4, -0.2) is 31.8 Å². The Bertz CT molecular complexity index is 496. The highest BCUT2D eigenvalue weighted by Gasteiger charge is 2.12. The lowest BCUT2D eigenvalue weighted by molar-refractivity contribution is -0.142. The molecule has 0 heterocycles. The largest absolute Gasteiger partial charge is 0.468 e. The topological polar surface area (TPSA) is 90.6 Å². The van der Waals surface area contributed by atoms with Gasteiger partial charge in [-0.25, -0.2) is 4.79 Å². The number of alkyl carbamates (subject to hydrolysis) is 1. The van der Waals surface area contributed by atoms with E-state index >= 15 is 0 Å². The van der Waals surface area contributed by atoms with Crippen LogP contribution in [0.5, 0.6) is 0 Å². The van der Waals surface area contributed by atoms with E-state index in [1.54, 1.807) is 12.1 Å². The number of amides is 1. The summed E-state index contributed by atoms with van der Waals surface area (Å²) in [4.78, 5) is 22.6. The van der Waals surface area contributed by atoms with Crippen LogP contribution < -0.4 is 11.1 Å². The molecule has 3 N–H and O–H groups in total. The molecule has 0 radical (unpaired) electrons. The van der Waals surface area contributed by atoms with Crippen molar-refractivity contribution in [3.63, 3.8) is 0 Å². The fraction of sp³-hybridized carbons (Fsp3) is 0.467. The molecule has 1 rings (SSSR count). The van der Waals surface area contributed by atoms with Gasteiger partial charge in [0.2, 0.25) is 0 Å². The molecular weight excluding hydrogens is 308 g/mol. The molecular formula is C15H21ClN2O4. The molecule has 0 bridgehead atoms. The minimum absolute atomic E-state index is 0.124. The highest BCUT2D eigenvalue weighted by atomic mass is 35.5. The zero-order chi connectivity index (χ0) is 16.4. The van der Waals surface area contributed by atoms with E-state index in [-0.39, 0.29) is 6.61 Å². The number of unbranched alkanes of at least 4 members (excludes halogenated alkanes) is 1. The van der Waals surface area contributed by atoms with E-state index in [9.17, 15) is 9.59 Å². The zero-order valence-electron chi connectivity index (χ0n) is 12.5. The second-order valence-electron chi connectivity index (χ2n) is 4.72. The Morgan fingerprint density at radius 1 is 1.32 bits per heavy atom. The van der Waals surface area contributed by atoms with Crippen LogP contribution in [0.1, 0.15) is 24.8 Å². The monoisotopic (exact) mass is 328 g/mol. The summed E-state index contributed by atoms with van der Waals surface area (Å²) in [7, 11) is 1.30. The molecule has 0 saturated heterocycles. The maximum absolute atomic E-state index is 11.5. The third-order valence-electron chi connectivity index (χ3n) is 3.03. The highest BCUT2D eigenvalue weighted by Crippen LogP contribution is 2.15. The average molecular weight is 329 g/mol. The molecule has 0 unspecified atom stereocenters. The molecule has 1 amide bonds. The van der Waals surface area contributed by atoms with Crippen LogP contribution in [-0.2, 0) is 20.9 Å². The van der Waals surface area contributed by atoms with Crippen molar-refractivity contribution < 1.29 is 19.1 Å². The number of carbonyl (C=O) groups excluding carboxylic acids is 2. The maximum atomic E-state index is 11.5. The molecule has 0 aromatic heterocycles. The number of rotatable bonds is 8. The number of esters is 1. The standard InChI is InChI=1S/C15H21ClN2O4/c1-21-14(19)13(17)8-4-5-9-18-15(20)22-10-11-6-2-3-7-12(11)16/h2-3,6-7,13H,4-5,8-10,17H2,1H3,(H,18,20)/t13-/m0/s1. The van der Waals surface area contributed by atoms with Crippen LogP contribution in [0.15, 0.2) is 24.3 Å². The molecule has 1 atom stereocenters. The summed E-state index contributed by atoms with van der Waals surface area (Å²) in [5.41, 5.74) is 6.35. The van der Waals surface area contributed by atoms with Crippen molar-refractivity contribution in [2.75, 3.05) is 13.7 Å². The van der Waals surface area contributed by atoms with E-state index in [1.807, 2.05) is 12.1 Å². The fourth-order valence-electron chi connectivity index (χ4n) is 1.76. The SMILES string of the molecule is COC(=O)[C@@H](N)CCCCNC(=O)OCc1ccccc1Cl. The van der Waals surface area contributed by atoms with Crippen LogP contribution in [0, 0.1) is 0 Å². The molecule has 0 fully saturated rings. The van der Waals surface area contributed by atoms with Crippen molar-refractivity contribution >= 4 is 23.7 Å². The summed E-state index contributed by atoms with van der Waals surface area (Å²) in [6.45, 7) is 0.577.